The van der Waals surface area contributed by atoms with E-state index in [1.54, 1.807) is 0 Å². The topological polar surface area (TPSA) is 76.1 Å². The molecular formula is C37H65NO5. The fraction of sp³-hybridized carbons (Fsp3) is 0.784. The molecule has 0 aromatic heterocycles. The van der Waals surface area contributed by atoms with Crippen molar-refractivity contribution < 1.29 is 24.2 Å². The van der Waals surface area contributed by atoms with Crippen molar-refractivity contribution in [2.24, 2.45) is 0 Å². The van der Waals surface area contributed by atoms with Crippen LogP contribution < -0.4 is 4.74 Å². The molecule has 43 heavy (non-hydrogen) atoms. The van der Waals surface area contributed by atoms with Crippen LogP contribution in [0.1, 0.15) is 154 Å². The zero-order valence-electron chi connectivity index (χ0n) is 27.9. The number of nitrogens with zero attached hydrogens (tertiary/aromatic N) is 1. The van der Waals surface area contributed by atoms with E-state index >= 15 is 0 Å². The molecule has 0 heterocycles. The quantitative estimate of drug-likeness (QED) is 0.0537. The largest absolute Gasteiger partial charge is 0.466 e. The van der Waals surface area contributed by atoms with E-state index < -0.39 is 0 Å². The molecule has 0 amide bonds. The average molecular weight is 604 g/mol. The number of carbonyl (C=O) groups excluding carboxylic acids is 2. The zero-order chi connectivity index (χ0) is 31.2. The van der Waals surface area contributed by atoms with Crippen molar-refractivity contribution in [1.29, 1.82) is 0 Å². The van der Waals surface area contributed by atoms with Gasteiger partial charge in [0.05, 0.1) is 13.2 Å². The second kappa shape index (κ2) is 28.8. The predicted octanol–water partition coefficient (Wildman–Crippen LogP) is 9.20. The highest BCUT2D eigenvalue weighted by atomic mass is 16.5. The van der Waals surface area contributed by atoms with Crippen molar-refractivity contribution in [2.45, 2.75) is 155 Å². The third kappa shape index (κ3) is 24.1. The highest BCUT2D eigenvalue weighted by molar-refractivity contribution is 5.72. The number of aliphatic hydroxyl groups excluding tert-OH is 1. The van der Waals surface area contributed by atoms with Crippen LogP contribution in [0.3, 0.4) is 0 Å². The maximum atomic E-state index is 12.2. The van der Waals surface area contributed by atoms with Crippen LogP contribution in [-0.4, -0.2) is 54.8 Å². The molecule has 0 saturated carbocycles. The van der Waals surface area contributed by atoms with Crippen molar-refractivity contribution >= 4 is 11.9 Å². The molecule has 0 aliphatic rings. The number of hydrogen-bond donors (Lipinski definition) is 1. The van der Waals surface area contributed by atoms with E-state index in [1.165, 1.54) is 50.5 Å². The third-order valence-corrected chi connectivity index (χ3v) is 8.11. The summed E-state index contributed by atoms with van der Waals surface area (Å²) in [6, 6.07) is 7.96. The summed E-state index contributed by atoms with van der Waals surface area (Å²) in [6.07, 6.45) is 23.7. The maximum absolute atomic E-state index is 12.2. The van der Waals surface area contributed by atoms with Gasteiger partial charge in [-0.25, -0.2) is 0 Å². The number of aryl methyl sites for hydroxylation is 1. The summed E-state index contributed by atoms with van der Waals surface area (Å²) in [5, 5.41) is 9.45. The Hall–Kier alpha value is -1.92. The second-order valence-electron chi connectivity index (χ2n) is 12.2. The Labute approximate surface area is 264 Å². The minimum absolute atomic E-state index is 0.0405. The van der Waals surface area contributed by atoms with Crippen LogP contribution in [0.15, 0.2) is 24.3 Å². The number of hydrogen-bond acceptors (Lipinski definition) is 6. The molecule has 6 nitrogen and oxygen atoms in total. The van der Waals surface area contributed by atoms with E-state index in [-0.39, 0.29) is 18.5 Å². The number of aliphatic hydroxyl groups is 1. The van der Waals surface area contributed by atoms with Gasteiger partial charge in [0.2, 0.25) is 0 Å². The van der Waals surface area contributed by atoms with Crippen molar-refractivity contribution in [2.75, 3.05) is 32.8 Å². The summed E-state index contributed by atoms with van der Waals surface area (Å²) in [6.45, 7) is 7.98. The number of esters is 2. The van der Waals surface area contributed by atoms with Crippen molar-refractivity contribution in [3.8, 4) is 5.75 Å². The molecule has 0 fully saturated rings. The molecule has 0 saturated heterocycles. The summed E-state index contributed by atoms with van der Waals surface area (Å²) in [5.41, 5.74) is 1.30. The lowest BCUT2D eigenvalue weighted by molar-refractivity contribution is -0.144. The minimum Gasteiger partial charge on any atom is -0.466 e. The van der Waals surface area contributed by atoms with Gasteiger partial charge in [-0.15, -0.1) is 0 Å². The predicted molar refractivity (Wildman–Crippen MR) is 179 cm³/mol. The smallest absolute Gasteiger partial charge is 0.311 e. The van der Waals surface area contributed by atoms with Gasteiger partial charge < -0.3 is 19.5 Å². The molecule has 0 unspecified atom stereocenters. The standard InChI is InChI=1S/C37H65NO5/c1-3-5-7-8-15-21-33-42-36(40)23-17-11-9-13-19-29-38(31-32-39)30-20-14-10-12-18-24-37(41)43-35-27-25-34(26-28-35)22-16-6-4-2/h25-28,39H,3-24,29-33H2,1-2H3. The monoisotopic (exact) mass is 603 g/mol. The highest BCUT2D eigenvalue weighted by Gasteiger charge is 2.07. The van der Waals surface area contributed by atoms with Gasteiger partial charge in [0.1, 0.15) is 5.75 Å². The van der Waals surface area contributed by atoms with E-state index in [0.29, 0.717) is 25.2 Å². The van der Waals surface area contributed by atoms with Crippen molar-refractivity contribution in [3.63, 3.8) is 0 Å². The number of ether oxygens (including phenoxy) is 2. The molecule has 1 aromatic rings. The van der Waals surface area contributed by atoms with E-state index in [0.717, 1.165) is 103 Å². The van der Waals surface area contributed by atoms with Gasteiger partial charge in [0.15, 0.2) is 0 Å². The van der Waals surface area contributed by atoms with Crippen LogP contribution in [-0.2, 0) is 20.7 Å². The Morgan fingerprint density at radius 1 is 0.605 bits per heavy atom. The summed E-state index contributed by atoms with van der Waals surface area (Å²) < 4.78 is 10.9. The Kier molecular flexibility index (Phi) is 26.2. The molecule has 1 N–H and O–H groups in total. The van der Waals surface area contributed by atoms with Crippen LogP contribution >= 0.6 is 0 Å². The molecule has 0 spiro atoms. The van der Waals surface area contributed by atoms with Gasteiger partial charge in [-0.3, -0.25) is 9.59 Å². The summed E-state index contributed by atoms with van der Waals surface area (Å²) >= 11 is 0. The number of benzene rings is 1. The first-order valence-electron chi connectivity index (χ1n) is 17.9. The molecule has 0 aliphatic carbocycles. The van der Waals surface area contributed by atoms with Gasteiger partial charge in [-0.2, -0.15) is 0 Å². The van der Waals surface area contributed by atoms with Crippen LogP contribution in [0.4, 0.5) is 0 Å². The van der Waals surface area contributed by atoms with E-state index in [1.807, 2.05) is 12.1 Å². The first-order valence-corrected chi connectivity index (χ1v) is 17.9. The Morgan fingerprint density at radius 2 is 1.12 bits per heavy atom. The van der Waals surface area contributed by atoms with Gasteiger partial charge in [0, 0.05) is 19.4 Å². The minimum atomic E-state index is -0.142. The molecule has 0 aliphatic heterocycles. The fourth-order valence-electron chi connectivity index (χ4n) is 5.37. The molecule has 0 radical (unpaired) electrons. The van der Waals surface area contributed by atoms with Crippen molar-refractivity contribution in [1.82, 2.24) is 4.90 Å². The van der Waals surface area contributed by atoms with Crippen LogP contribution in [0.5, 0.6) is 5.75 Å². The Morgan fingerprint density at radius 3 is 1.72 bits per heavy atom. The highest BCUT2D eigenvalue weighted by Crippen LogP contribution is 2.16. The van der Waals surface area contributed by atoms with E-state index in [4.69, 9.17) is 9.47 Å². The molecule has 6 heteroatoms. The summed E-state index contributed by atoms with van der Waals surface area (Å²) in [7, 11) is 0. The summed E-state index contributed by atoms with van der Waals surface area (Å²) in [5.74, 6) is 0.463. The zero-order valence-corrected chi connectivity index (χ0v) is 27.9. The average Bonchev–Trinajstić information content (AvgIpc) is 3.00. The number of unbranched alkanes of at least 4 members (excludes halogenated alkanes) is 15. The van der Waals surface area contributed by atoms with E-state index in [9.17, 15) is 14.7 Å². The molecule has 1 aromatic carbocycles. The Bertz CT molecular complexity index is 782. The lowest BCUT2D eigenvalue weighted by Crippen LogP contribution is -2.29. The lowest BCUT2D eigenvalue weighted by atomic mass is 10.1. The normalized spacial score (nSPS) is 11.3. The van der Waals surface area contributed by atoms with E-state index in [2.05, 4.69) is 30.9 Å². The van der Waals surface area contributed by atoms with Crippen LogP contribution in [0, 0.1) is 0 Å². The fourth-order valence-corrected chi connectivity index (χ4v) is 5.37. The maximum Gasteiger partial charge on any atom is 0.311 e. The molecule has 0 atom stereocenters. The van der Waals surface area contributed by atoms with Gasteiger partial charge in [-0.1, -0.05) is 109 Å². The second-order valence-corrected chi connectivity index (χ2v) is 12.2. The first-order chi connectivity index (χ1) is 21.1. The number of rotatable bonds is 30. The first kappa shape index (κ1) is 39.1. The van der Waals surface area contributed by atoms with Gasteiger partial charge >= 0.3 is 11.9 Å². The van der Waals surface area contributed by atoms with Crippen LogP contribution in [0.25, 0.3) is 0 Å². The third-order valence-electron chi connectivity index (χ3n) is 8.11. The van der Waals surface area contributed by atoms with Crippen molar-refractivity contribution in [3.05, 3.63) is 29.8 Å². The lowest BCUT2D eigenvalue weighted by Gasteiger charge is -2.21. The van der Waals surface area contributed by atoms with Gasteiger partial charge in [0.25, 0.3) is 0 Å². The Balaban J connectivity index is 1.98. The number of carbonyl (C=O) groups is 2. The molecule has 248 valence electrons. The SMILES string of the molecule is CCCCCCCCOC(=O)CCCCCCCN(CCO)CCCCCCCC(=O)Oc1ccc(CCCCC)cc1. The summed E-state index contributed by atoms with van der Waals surface area (Å²) in [4.78, 5) is 26.4. The van der Waals surface area contributed by atoms with Gasteiger partial charge in [-0.05, 0) is 75.7 Å². The molecular weight excluding hydrogens is 538 g/mol. The van der Waals surface area contributed by atoms with Crippen LogP contribution in [0.2, 0.25) is 0 Å². The molecule has 1 rings (SSSR count). The molecule has 0 bridgehead atoms.